The van der Waals surface area contributed by atoms with E-state index in [0.717, 1.165) is 36.2 Å². The summed E-state index contributed by atoms with van der Waals surface area (Å²) in [5, 5.41) is 3.49. The van der Waals surface area contributed by atoms with Gasteiger partial charge >= 0.3 is 0 Å². The summed E-state index contributed by atoms with van der Waals surface area (Å²) in [6, 6.07) is 0.457. The second kappa shape index (κ2) is 6.33. The number of nitrogens with one attached hydrogen (secondary N) is 1. The van der Waals surface area contributed by atoms with Gasteiger partial charge in [0, 0.05) is 12.6 Å². The van der Waals surface area contributed by atoms with E-state index >= 15 is 0 Å². The van der Waals surface area contributed by atoms with Crippen molar-refractivity contribution in [1.29, 1.82) is 0 Å². The quantitative estimate of drug-likeness (QED) is 0.904. The largest absolute Gasteiger partial charge is 0.353 e. The first-order chi connectivity index (χ1) is 9.08. The summed E-state index contributed by atoms with van der Waals surface area (Å²) in [5.41, 5.74) is 2.05. The minimum absolute atomic E-state index is 0.457. The van der Waals surface area contributed by atoms with Crippen LogP contribution in [-0.2, 0) is 0 Å². The lowest BCUT2D eigenvalue weighted by Gasteiger charge is -2.33. The number of anilines is 1. The molecule has 0 bridgehead atoms. The molecule has 0 amide bonds. The van der Waals surface area contributed by atoms with Gasteiger partial charge < -0.3 is 10.2 Å². The first kappa shape index (κ1) is 14.3. The molecule has 0 radical (unpaired) electrons. The van der Waals surface area contributed by atoms with E-state index in [1.165, 1.54) is 19.4 Å². The number of hydrogen-bond acceptors (Lipinski definition) is 4. The number of aryl methyl sites for hydroxylation is 2. The fraction of sp³-hybridized carbons (Fsp3) is 0.733. The maximum atomic E-state index is 4.70. The van der Waals surface area contributed by atoms with Crippen LogP contribution >= 0.6 is 0 Å². The highest BCUT2D eigenvalue weighted by Gasteiger charge is 2.20. The third-order valence-electron chi connectivity index (χ3n) is 3.95. The zero-order valence-corrected chi connectivity index (χ0v) is 12.6. The topological polar surface area (TPSA) is 41.1 Å². The molecular formula is C15H26N4. The molecule has 0 saturated carbocycles. The Morgan fingerprint density at radius 3 is 2.74 bits per heavy atom. The highest BCUT2D eigenvalue weighted by molar-refractivity contribution is 5.38. The Morgan fingerprint density at radius 2 is 2.16 bits per heavy atom. The fourth-order valence-corrected chi connectivity index (χ4v) is 2.59. The lowest BCUT2D eigenvalue weighted by molar-refractivity contribution is 0.370. The summed E-state index contributed by atoms with van der Waals surface area (Å²) < 4.78 is 0. The first-order valence-electron chi connectivity index (χ1n) is 7.35. The van der Waals surface area contributed by atoms with E-state index in [0.29, 0.717) is 6.04 Å². The average molecular weight is 262 g/mol. The maximum absolute atomic E-state index is 4.70. The Morgan fingerprint density at radius 1 is 1.37 bits per heavy atom. The van der Waals surface area contributed by atoms with E-state index in [-0.39, 0.29) is 0 Å². The Bertz CT molecular complexity index is 411. The molecule has 2 rings (SSSR count). The average Bonchev–Trinajstić information content (AvgIpc) is 2.40. The van der Waals surface area contributed by atoms with Crippen molar-refractivity contribution in [2.24, 2.45) is 5.92 Å². The van der Waals surface area contributed by atoms with Crippen LogP contribution in [0.2, 0.25) is 0 Å². The molecule has 1 N–H and O–H groups in total. The van der Waals surface area contributed by atoms with Crippen molar-refractivity contribution in [3.05, 3.63) is 17.6 Å². The highest BCUT2D eigenvalue weighted by atomic mass is 15.2. The van der Waals surface area contributed by atoms with Crippen molar-refractivity contribution in [3.8, 4) is 0 Å². The SMILES string of the molecule is Cc1ncc(N(CC2CCCNC2)C(C)C)nc1C. The van der Waals surface area contributed by atoms with Crippen molar-refractivity contribution in [2.45, 2.75) is 46.6 Å². The molecule has 1 aliphatic rings. The number of aromatic nitrogens is 2. The van der Waals surface area contributed by atoms with Gasteiger partial charge in [0.1, 0.15) is 5.82 Å². The summed E-state index contributed by atoms with van der Waals surface area (Å²) in [6.07, 6.45) is 4.52. The molecule has 19 heavy (non-hydrogen) atoms. The van der Waals surface area contributed by atoms with Crippen LogP contribution in [0.5, 0.6) is 0 Å². The van der Waals surface area contributed by atoms with Crippen LogP contribution in [0.4, 0.5) is 5.82 Å². The van der Waals surface area contributed by atoms with Crippen molar-refractivity contribution < 1.29 is 0 Å². The van der Waals surface area contributed by atoms with Crippen molar-refractivity contribution in [1.82, 2.24) is 15.3 Å². The van der Waals surface area contributed by atoms with Gasteiger partial charge in [0.15, 0.2) is 0 Å². The summed E-state index contributed by atoms with van der Waals surface area (Å²) >= 11 is 0. The molecule has 1 aliphatic heterocycles. The van der Waals surface area contributed by atoms with Gasteiger partial charge in [-0.3, -0.25) is 4.98 Å². The molecule has 0 spiro atoms. The molecule has 2 heterocycles. The Kier molecular flexibility index (Phi) is 4.75. The molecule has 1 unspecified atom stereocenters. The zero-order chi connectivity index (χ0) is 13.8. The van der Waals surface area contributed by atoms with E-state index in [1.807, 2.05) is 20.0 Å². The van der Waals surface area contributed by atoms with Crippen LogP contribution in [0.1, 0.15) is 38.1 Å². The van der Waals surface area contributed by atoms with Crippen molar-refractivity contribution >= 4 is 5.82 Å². The second-order valence-electron chi connectivity index (χ2n) is 5.86. The van der Waals surface area contributed by atoms with Crippen LogP contribution in [0.15, 0.2) is 6.20 Å². The van der Waals surface area contributed by atoms with E-state index in [1.54, 1.807) is 0 Å². The highest BCUT2D eigenvalue weighted by Crippen LogP contribution is 2.19. The lowest BCUT2D eigenvalue weighted by Crippen LogP contribution is -2.41. The summed E-state index contributed by atoms with van der Waals surface area (Å²) in [7, 11) is 0. The number of piperidine rings is 1. The lowest BCUT2D eigenvalue weighted by atomic mass is 9.98. The van der Waals surface area contributed by atoms with Gasteiger partial charge in [-0.2, -0.15) is 0 Å². The third-order valence-corrected chi connectivity index (χ3v) is 3.95. The van der Waals surface area contributed by atoms with Crippen LogP contribution in [0.3, 0.4) is 0 Å². The van der Waals surface area contributed by atoms with Crippen LogP contribution in [-0.4, -0.2) is 35.6 Å². The molecule has 4 nitrogen and oxygen atoms in total. The normalized spacial score (nSPS) is 19.7. The smallest absolute Gasteiger partial charge is 0.147 e. The predicted molar refractivity (Wildman–Crippen MR) is 79.6 cm³/mol. The number of rotatable bonds is 4. The molecular weight excluding hydrogens is 236 g/mol. The molecule has 1 saturated heterocycles. The Hall–Kier alpha value is -1.16. The number of nitrogens with zero attached hydrogens (tertiary/aromatic N) is 3. The molecule has 1 aromatic heterocycles. The van der Waals surface area contributed by atoms with Crippen LogP contribution in [0, 0.1) is 19.8 Å². The third kappa shape index (κ3) is 3.66. The molecule has 1 atom stereocenters. The summed E-state index contributed by atoms with van der Waals surface area (Å²) in [4.78, 5) is 11.5. The molecule has 4 heteroatoms. The number of hydrogen-bond donors (Lipinski definition) is 1. The van der Waals surface area contributed by atoms with Crippen molar-refractivity contribution in [2.75, 3.05) is 24.5 Å². The van der Waals surface area contributed by atoms with Gasteiger partial charge in [-0.15, -0.1) is 0 Å². The summed E-state index contributed by atoms with van der Waals surface area (Å²) in [6.45, 7) is 11.9. The van der Waals surface area contributed by atoms with Crippen LogP contribution in [0.25, 0.3) is 0 Å². The van der Waals surface area contributed by atoms with Gasteiger partial charge in [0.25, 0.3) is 0 Å². The van der Waals surface area contributed by atoms with Gasteiger partial charge in [-0.25, -0.2) is 4.98 Å². The Balaban J connectivity index is 2.12. The summed E-state index contributed by atoms with van der Waals surface area (Å²) in [5.74, 6) is 1.74. The fourth-order valence-electron chi connectivity index (χ4n) is 2.59. The van der Waals surface area contributed by atoms with Gasteiger partial charge in [0.2, 0.25) is 0 Å². The van der Waals surface area contributed by atoms with E-state index in [4.69, 9.17) is 4.98 Å². The Labute approximate surface area is 116 Å². The minimum atomic E-state index is 0.457. The van der Waals surface area contributed by atoms with Gasteiger partial charge in [0.05, 0.1) is 17.6 Å². The molecule has 0 aliphatic carbocycles. The molecule has 106 valence electrons. The molecule has 1 aromatic rings. The molecule has 1 fully saturated rings. The monoisotopic (exact) mass is 262 g/mol. The zero-order valence-electron chi connectivity index (χ0n) is 12.6. The van der Waals surface area contributed by atoms with E-state index in [2.05, 4.69) is 29.0 Å². The predicted octanol–water partition coefficient (Wildman–Crippen LogP) is 2.31. The van der Waals surface area contributed by atoms with Gasteiger partial charge in [-0.1, -0.05) is 0 Å². The van der Waals surface area contributed by atoms with Crippen molar-refractivity contribution in [3.63, 3.8) is 0 Å². The minimum Gasteiger partial charge on any atom is -0.353 e. The van der Waals surface area contributed by atoms with Gasteiger partial charge in [-0.05, 0) is 59.5 Å². The van der Waals surface area contributed by atoms with E-state index in [9.17, 15) is 0 Å². The maximum Gasteiger partial charge on any atom is 0.147 e. The molecule has 0 aromatic carbocycles. The standard InChI is InChI=1S/C15H26N4/c1-11(2)19(10-14-6-5-7-16-8-14)15-9-17-12(3)13(4)18-15/h9,11,14,16H,5-8,10H2,1-4H3. The van der Waals surface area contributed by atoms with Crippen LogP contribution < -0.4 is 10.2 Å². The van der Waals surface area contributed by atoms with E-state index < -0.39 is 0 Å². The second-order valence-corrected chi connectivity index (χ2v) is 5.86. The first-order valence-corrected chi connectivity index (χ1v) is 7.35.